The van der Waals surface area contributed by atoms with Crippen LogP contribution >= 0.6 is 11.3 Å². The fraction of sp³-hybridized carbons (Fsp3) is 0.238. The standard InChI is InChI=1S/C21H23N3O4S2/c1-14-6-5-7-19(15(14)2)28-12-20(25)23-21-22-18(13-29-21)16-8-10-17(11-9-16)24(3)30(4,26)27/h5-11,13H,12H2,1-4H3,(H,22,23,25). The lowest BCUT2D eigenvalue weighted by Crippen LogP contribution is -2.24. The maximum atomic E-state index is 12.2. The van der Waals surface area contributed by atoms with Crippen molar-refractivity contribution in [2.45, 2.75) is 13.8 Å². The van der Waals surface area contributed by atoms with Gasteiger partial charge in [0.25, 0.3) is 5.91 Å². The molecule has 158 valence electrons. The molecule has 0 fully saturated rings. The smallest absolute Gasteiger partial charge is 0.264 e. The van der Waals surface area contributed by atoms with Gasteiger partial charge in [-0.3, -0.25) is 14.4 Å². The summed E-state index contributed by atoms with van der Waals surface area (Å²) in [4.78, 5) is 16.6. The van der Waals surface area contributed by atoms with Gasteiger partial charge in [-0.2, -0.15) is 0 Å². The minimum absolute atomic E-state index is 0.105. The van der Waals surface area contributed by atoms with Crippen molar-refractivity contribution in [1.29, 1.82) is 0 Å². The number of thiazole rings is 1. The Bertz CT molecular complexity index is 1160. The van der Waals surface area contributed by atoms with E-state index in [1.165, 1.54) is 22.7 Å². The summed E-state index contributed by atoms with van der Waals surface area (Å²) in [6, 6.07) is 12.7. The molecule has 0 aliphatic rings. The van der Waals surface area contributed by atoms with Gasteiger partial charge < -0.3 is 4.74 Å². The van der Waals surface area contributed by atoms with Gasteiger partial charge in [0.05, 0.1) is 17.6 Å². The molecule has 0 spiro atoms. The number of benzene rings is 2. The Balaban J connectivity index is 1.62. The van der Waals surface area contributed by atoms with E-state index in [1.54, 1.807) is 24.3 Å². The van der Waals surface area contributed by atoms with Gasteiger partial charge in [0.1, 0.15) is 5.75 Å². The summed E-state index contributed by atoms with van der Waals surface area (Å²) in [6.45, 7) is 3.84. The van der Waals surface area contributed by atoms with Gasteiger partial charge in [0.2, 0.25) is 10.0 Å². The number of amides is 1. The zero-order chi connectivity index (χ0) is 21.9. The highest BCUT2D eigenvalue weighted by molar-refractivity contribution is 7.92. The molecule has 3 rings (SSSR count). The largest absolute Gasteiger partial charge is 0.483 e. The van der Waals surface area contributed by atoms with Crippen LogP contribution in [-0.2, 0) is 14.8 Å². The van der Waals surface area contributed by atoms with E-state index in [0.29, 0.717) is 22.3 Å². The van der Waals surface area contributed by atoms with Gasteiger partial charge in [0, 0.05) is 18.0 Å². The van der Waals surface area contributed by atoms with Crippen LogP contribution in [0.2, 0.25) is 0 Å². The Kier molecular flexibility index (Phi) is 6.42. The number of sulfonamides is 1. The number of hydrogen-bond donors (Lipinski definition) is 1. The number of anilines is 2. The maximum absolute atomic E-state index is 12.2. The number of hydrogen-bond acceptors (Lipinski definition) is 6. The minimum Gasteiger partial charge on any atom is -0.483 e. The zero-order valence-electron chi connectivity index (χ0n) is 17.2. The fourth-order valence-electron chi connectivity index (χ4n) is 2.68. The van der Waals surface area contributed by atoms with Crippen molar-refractivity contribution in [2.75, 3.05) is 29.5 Å². The van der Waals surface area contributed by atoms with Crippen LogP contribution in [0.15, 0.2) is 47.8 Å². The number of nitrogens with one attached hydrogen (secondary N) is 1. The number of rotatable bonds is 7. The lowest BCUT2D eigenvalue weighted by Gasteiger charge is -2.16. The van der Waals surface area contributed by atoms with E-state index in [-0.39, 0.29) is 12.5 Å². The van der Waals surface area contributed by atoms with E-state index in [9.17, 15) is 13.2 Å². The topological polar surface area (TPSA) is 88.6 Å². The first-order valence-corrected chi connectivity index (χ1v) is 11.9. The van der Waals surface area contributed by atoms with Gasteiger partial charge in [-0.1, -0.05) is 24.3 Å². The molecule has 30 heavy (non-hydrogen) atoms. The van der Waals surface area contributed by atoms with Gasteiger partial charge >= 0.3 is 0 Å². The summed E-state index contributed by atoms with van der Waals surface area (Å²) in [5.41, 5.74) is 4.19. The highest BCUT2D eigenvalue weighted by Gasteiger charge is 2.13. The molecule has 1 aromatic heterocycles. The molecule has 1 heterocycles. The molecule has 9 heteroatoms. The van der Waals surface area contributed by atoms with E-state index in [0.717, 1.165) is 22.9 Å². The van der Waals surface area contributed by atoms with Gasteiger partial charge in [0.15, 0.2) is 11.7 Å². The van der Waals surface area contributed by atoms with Gasteiger partial charge in [-0.25, -0.2) is 13.4 Å². The Morgan fingerprint density at radius 1 is 1.17 bits per heavy atom. The van der Waals surface area contributed by atoms with E-state index in [2.05, 4.69) is 10.3 Å². The van der Waals surface area contributed by atoms with Gasteiger partial charge in [-0.05, 0) is 43.2 Å². The molecular weight excluding hydrogens is 422 g/mol. The quantitative estimate of drug-likeness (QED) is 0.597. The predicted molar refractivity (Wildman–Crippen MR) is 121 cm³/mol. The predicted octanol–water partition coefficient (Wildman–Crippen LogP) is 3.84. The highest BCUT2D eigenvalue weighted by Crippen LogP contribution is 2.27. The summed E-state index contributed by atoms with van der Waals surface area (Å²) >= 11 is 1.31. The summed E-state index contributed by atoms with van der Waals surface area (Å²) in [6.07, 6.45) is 1.15. The van der Waals surface area contributed by atoms with Crippen LogP contribution in [0.3, 0.4) is 0 Å². The first-order chi connectivity index (χ1) is 14.1. The Labute approximate surface area is 180 Å². The molecule has 7 nitrogen and oxygen atoms in total. The SMILES string of the molecule is Cc1cccc(OCC(=O)Nc2nc(-c3ccc(N(C)S(C)(=O)=O)cc3)cs2)c1C. The molecule has 0 aliphatic carbocycles. The maximum Gasteiger partial charge on any atom is 0.264 e. The number of nitrogens with zero attached hydrogens (tertiary/aromatic N) is 2. The lowest BCUT2D eigenvalue weighted by atomic mass is 10.1. The molecule has 1 N–H and O–H groups in total. The third-order valence-electron chi connectivity index (χ3n) is 4.69. The van der Waals surface area contributed by atoms with E-state index in [1.807, 2.05) is 37.4 Å². The molecule has 3 aromatic rings. The minimum atomic E-state index is -3.31. The first kappa shape index (κ1) is 21.8. The Morgan fingerprint density at radius 2 is 1.87 bits per heavy atom. The van der Waals surface area contributed by atoms with Crippen molar-refractivity contribution in [3.8, 4) is 17.0 Å². The first-order valence-electron chi connectivity index (χ1n) is 9.14. The number of aromatic nitrogens is 1. The Morgan fingerprint density at radius 3 is 2.53 bits per heavy atom. The monoisotopic (exact) mass is 445 g/mol. The number of ether oxygens (including phenoxy) is 1. The van der Waals surface area contributed by atoms with E-state index < -0.39 is 10.0 Å². The average molecular weight is 446 g/mol. The average Bonchev–Trinajstić information content (AvgIpc) is 3.16. The van der Waals surface area contributed by atoms with Crippen molar-refractivity contribution >= 4 is 38.1 Å². The molecule has 0 atom stereocenters. The number of aryl methyl sites for hydroxylation is 1. The van der Waals surface area contributed by atoms with Crippen molar-refractivity contribution < 1.29 is 17.9 Å². The summed E-state index contributed by atoms with van der Waals surface area (Å²) in [5.74, 6) is 0.395. The molecule has 0 saturated carbocycles. The second kappa shape index (κ2) is 8.85. The van der Waals surface area contributed by atoms with Crippen molar-refractivity contribution in [2.24, 2.45) is 0 Å². The van der Waals surface area contributed by atoms with Crippen LogP contribution in [0.25, 0.3) is 11.3 Å². The highest BCUT2D eigenvalue weighted by atomic mass is 32.2. The summed E-state index contributed by atoms with van der Waals surface area (Å²) in [7, 11) is -1.81. The fourth-order valence-corrected chi connectivity index (χ4v) is 3.92. The van der Waals surface area contributed by atoms with Crippen LogP contribution in [0.5, 0.6) is 5.75 Å². The van der Waals surface area contributed by atoms with Crippen LogP contribution in [0, 0.1) is 13.8 Å². The molecule has 0 unspecified atom stereocenters. The van der Waals surface area contributed by atoms with Crippen LogP contribution in [0.1, 0.15) is 11.1 Å². The molecule has 1 amide bonds. The Hall–Kier alpha value is -2.91. The second-order valence-corrected chi connectivity index (χ2v) is 9.72. The molecule has 0 saturated heterocycles. The lowest BCUT2D eigenvalue weighted by molar-refractivity contribution is -0.118. The summed E-state index contributed by atoms with van der Waals surface area (Å²) < 4.78 is 30.1. The second-order valence-electron chi connectivity index (χ2n) is 6.85. The molecule has 0 aliphatic heterocycles. The molecule has 0 bridgehead atoms. The molecule has 0 radical (unpaired) electrons. The van der Waals surface area contributed by atoms with Crippen LogP contribution in [0.4, 0.5) is 10.8 Å². The normalized spacial score (nSPS) is 11.2. The van der Waals surface area contributed by atoms with E-state index in [4.69, 9.17) is 4.74 Å². The van der Waals surface area contributed by atoms with Crippen molar-refractivity contribution in [3.63, 3.8) is 0 Å². The van der Waals surface area contributed by atoms with E-state index >= 15 is 0 Å². The van der Waals surface area contributed by atoms with Crippen LogP contribution in [-0.4, -0.2) is 39.2 Å². The number of carbonyl (C=O) groups excluding carboxylic acids is 1. The zero-order valence-corrected chi connectivity index (χ0v) is 18.8. The third-order valence-corrected chi connectivity index (χ3v) is 6.65. The molecular formula is C21H23N3O4S2. The van der Waals surface area contributed by atoms with Crippen molar-refractivity contribution in [1.82, 2.24) is 4.98 Å². The van der Waals surface area contributed by atoms with Gasteiger partial charge in [-0.15, -0.1) is 11.3 Å². The van der Waals surface area contributed by atoms with Crippen LogP contribution < -0.4 is 14.4 Å². The molecule has 2 aromatic carbocycles. The summed E-state index contributed by atoms with van der Waals surface area (Å²) in [5, 5.41) is 5.04. The van der Waals surface area contributed by atoms with Crippen molar-refractivity contribution in [3.05, 3.63) is 59.0 Å². The number of carbonyl (C=O) groups is 1. The third kappa shape index (κ3) is 5.17.